The van der Waals surface area contributed by atoms with Crippen LogP contribution in [0.15, 0.2) is 0 Å². The predicted octanol–water partition coefficient (Wildman–Crippen LogP) is 1.21. The second-order valence-electron chi connectivity index (χ2n) is 5.16. The molecule has 0 amide bonds. The van der Waals surface area contributed by atoms with Crippen LogP contribution in [0.25, 0.3) is 0 Å². The lowest BCUT2D eigenvalue weighted by Crippen LogP contribution is -2.38. The molecule has 22 heavy (non-hydrogen) atoms. The Kier molecular flexibility index (Phi) is 4.79. The molecule has 2 heterocycles. The molecule has 2 aromatic heterocycles. The number of aryl methyl sites for hydroxylation is 4. The Morgan fingerprint density at radius 3 is 1.50 bits per heavy atom. The van der Waals surface area contributed by atoms with Gasteiger partial charge in [0.15, 0.2) is 0 Å². The fourth-order valence-electron chi connectivity index (χ4n) is 2.13. The maximum Gasteiger partial charge on any atom is 0.230 e. The number of nitrogens with zero attached hydrogens (tertiary/aromatic N) is 8. The summed E-state index contributed by atoms with van der Waals surface area (Å²) < 4.78 is 0. The van der Waals surface area contributed by atoms with Crippen molar-refractivity contribution >= 4 is 11.9 Å². The third kappa shape index (κ3) is 3.84. The van der Waals surface area contributed by atoms with Crippen LogP contribution in [0.4, 0.5) is 11.9 Å². The molecule has 0 aliphatic rings. The molecule has 0 saturated heterocycles. The number of aromatic nitrogens is 6. The minimum absolute atomic E-state index is 0.586. The number of anilines is 2. The van der Waals surface area contributed by atoms with Gasteiger partial charge in [-0.05, 0) is 34.6 Å². The Bertz CT molecular complexity index is 617. The van der Waals surface area contributed by atoms with Gasteiger partial charge in [-0.1, -0.05) is 0 Å². The second-order valence-corrected chi connectivity index (χ2v) is 5.16. The fraction of sp³-hybridized carbons (Fsp3) is 0.571. The van der Waals surface area contributed by atoms with E-state index in [-0.39, 0.29) is 0 Å². The maximum absolute atomic E-state index is 4.41. The Labute approximate surface area is 130 Å². The summed E-state index contributed by atoms with van der Waals surface area (Å²) in [5.41, 5.74) is 0. The molecule has 0 bridgehead atoms. The minimum Gasteiger partial charge on any atom is -0.326 e. The van der Waals surface area contributed by atoms with E-state index in [1.807, 2.05) is 39.6 Å². The van der Waals surface area contributed by atoms with E-state index >= 15 is 0 Å². The van der Waals surface area contributed by atoms with Gasteiger partial charge in [0.1, 0.15) is 23.3 Å². The quantitative estimate of drug-likeness (QED) is 0.762. The summed E-state index contributed by atoms with van der Waals surface area (Å²) >= 11 is 0. The normalized spacial score (nSPS) is 10.6. The summed E-state index contributed by atoms with van der Waals surface area (Å²) in [7, 11) is 1.94. The first-order chi connectivity index (χ1) is 10.4. The van der Waals surface area contributed by atoms with Crippen LogP contribution >= 0.6 is 0 Å². The lowest BCUT2D eigenvalue weighted by Gasteiger charge is -2.27. The third-order valence-corrected chi connectivity index (χ3v) is 3.08. The first-order valence-corrected chi connectivity index (χ1v) is 7.23. The highest BCUT2D eigenvalue weighted by molar-refractivity contribution is 5.36. The summed E-state index contributed by atoms with van der Waals surface area (Å²) in [6, 6.07) is 0. The van der Waals surface area contributed by atoms with Crippen LogP contribution in [0.1, 0.15) is 30.2 Å². The Morgan fingerprint density at radius 2 is 1.09 bits per heavy atom. The molecule has 118 valence electrons. The highest BCUT2D eigenvalue weighted by atomic mass is 15.4. The number of hydrogen-bond acceptors (Lipinski definition) is 8. The molecular weight excluding hydrogens is 280 g/mol. The smallest absolute Gasteiger partial charge is 0.230 e. The van der Waals surface area contributed by atoms with Crippen molar-refractivity contribution in [3.8, 4) is 0 Å². The van der Waals surface area contributed by atoms with Crippen LogP contribution in [-0.2, 0) is 0 Å². The van der Waals surface area contributed by atoms with Gasteiger partial charge in [0.05, 0.1) is 6.67 Å². The van der Waals surface area contributed by atoms with Gasteiger partial charge in [-0.15, -0.1) is 0 Å². The molecule has 8 nitrogen and oxygen atoms in total. The molecule has 0 unspecified atom stereocenters. The molecule has 0 N–H and O–H groups in total. The SMILES string of the molecule is CCN(CN(C)c1nc(C)nc(C)n1)c1nc(C)nc(C)n1. The molecule has 0 spiro atoms. The van der Waals surface area contributed by atoms with E-state index in [0.29, 0.717) is 30.2 Å². The topological polar surface area (TPSA) is 83.8 Å². The molecule has 0 saturated carbocycles. The van der Waals surface area contributed by atoms with Gasteiger partial charge in [0.2, 0.25) is 11.9 Å². The summed E-state index contributed by atoms with van der Waals surface area (Å²) in [6.45, 7) is 10.9. The van der Waals surface area contributed by atoms with Crippen LogP contribution in [0, 0.1) is 27.7 Å². The fourth-order valence-corrected chi connectivity index (χ4v) is 2.13. The summed E-state index contributed by atoms with van der Waals surface area (Å²) in [6.07, 6.45) is 0. The van der Waals surface area contributed by atoms with Crippen molar-refractivity contribution in [3.63, 3.8) is 0 Å². The van der Waals surface area contributed by atoms with Gasteiger partial charge in [-0.3, -0.25) is 0 Å². The second kappa shape index (κ2) is 6.59. The Hall–Kier alpha value is -2.38. The van der Waals surface area contributed by atoms with Gasteiger partial charge in [0, 0.05) is 13.6 Å². The van der Waals surface area contributed by atoms with Gasteiger partial charge in [-0.25, -0.2) is 9.97 Å². The average molecular weight is 302 g/mol. The van der Waals surface area contributed by atoms with Gasteiger partial charge in [0.25, 0.3) is 0 Å². The highest BCUT2D eigenvalue weighted by Gasteiger charge is 2.14. The first kappa shape index (κ1) is 16.0. The molecular formula is C14H22N8. The molecule has 2 rings (SSSR count). The van der Waals surface area contributed by atoms with E-state index in [1.165, 1.54) is 0 Å². The van der Waals surface area contributed by atoms with Gasteiger partial charge < -0.3 is 9.80 Å². The molecule has 0 radical (unpaired) electrons. The molecule has 2 aromatic rings. The van der Waals surface area contributed by atoms with Crippen molar-refractivity contribution in [1.82, 2.24) is 29.9 Å². The first-order valence-electron chi connectivity index (χ1n) is 7.23. The van der Waals surface area contributed by atoms with Crippen molar-refractivity contribution in [3.05, 3.63) is 23.3 Å². The molecule has 0 aliphatic carbocycles. The monoisotopic (exact) mass is 302 g/mol. The molecule has 0 aliphatic heterocycles. The van der Waals surface area contributed by atoms with E-state index in [9.17, 15) is 0 Å². The van der Waals surface area contributed by atoms with E-state index < -0.39 is 0 Å². The van der Waals surface area contributed by atoms with E-state index in [4.69, 9.17) is 0 Å². The lowest BCUT2D eigenvalue weighted by molar-refractivity contribution is 0.727. The standard InChI is InChI=1S/C14H22N8/c1-7-22(14-19-11(4)16-12(5)20-14)8-21(6)13-17-9(2)15-10(3)18-13/h7-8H2,1-6H3. The molecule has 8 heteroatoms. The van der Waals surface area contributed by atoms with Crippen molar-refractivity contribution in [2.45, 2.75) is 34.6 Å². The predicted molar refractivity (Wildman–Crippen MR) is 84.9 cm³/mol. The zero-order valence-corrected chi connectivity index (χ0v) is 14.0. The van der Waals surface area contributed by atoms with E-state index in [0.717, 1.165) is 18.2 Å². The zero-order valence-electron chi connectivity index (χ0n) is 14.0. The average Bonchev–Trinajstić information content (AvgIpc) is 2.42. The van der Waals surface area contributed by atoms with Gasteiger partial charge >= 0.3 is 0 Å². The van der Waals surface area contributed by atoms with Crippen molar-refractivity contribution in [2.75, 3.05) is 30.1 Å². The largest absolute Gasteiger partial charge is 0.326 e. The summed E-state index contributed by atoms with van der Waals surface area (Å²) in [5.74, 6) is 4.17. The molecule has 0 aromatic carbocycles. The van der Waals surface area contributed by atoms with Crippen molar-refractivity contribution in [2.24, 2.45) is 0 Å². The number of rotatable bonds is 5. The van der Waals surface area contributed by atoms with E-state index in [2.05, 4.69) is 41.7 Å². The van der Waals surface area contributed by atoms with Gasteiger partial charge in [-0.2, -0.15) is 19.9 Å². The Morgan fingerprint density at radius 1 is 0.682 bits per heavy atom. The zero-order chi connectivity index (χ0) is 16.3. The Balaban J connectivity index is 2.22. The molecule has 0 atom stereocenters. The minimum atomic E-state index is 0.586. The van der Waals surface area contributed by atoms with Crippen molar-refractivity contribution in [1.29, 1.82) is 0 Å². The number of hydrogen-bond donors (Lipinski definition) is 0. The van der Waals surface area contributed by atoms with Crippen LogP contribution < -0.4 is 9.80 Å². The highest BCUT2D eigenvalue weighted by Crippen LogP contribution is 2.11. The van der Waals surface area contributed by atoms with Crippen LogP contribution in [0.5, 0.6) is 0 Å². The van der Waals surface area contributed by atoms with Crippen molar-refractivity contribution < 1.29 is 0 Å². The van der Waals surface area contributed by atoms with E-state index in [1.54, 1.807) is 0 Å². The molecule has 0 fully saturated rings. The summed E-state index contributed by atoms with van der Waals surface area (Å²) in [5, 5.41) is 0. The maximum atomic E-state index is 4.41. The lowest BCUT2D eigenvalue weighted by atomic mass is 10.5. The van der Waals surface area contributed by atoms with Crippen LogP contribution in [0.2, 0.25) is 0 Å². The van der Waals surface area contributed by atoms with Crippen LogP contribution in [-0.4, -0.2) is 50.2 Å². The van der Waals surface area contributed by atoms with Crippen LogP contribution in [0.3, 0.4) is 0 Å². The summed E-state index contributed by atoms with van der Waals surface area (Å²) in [4.78, 5) is 30.0. The third-order valence-electron chi connectivity index (χ3n) is 3.08.